The Morgan fingerprint density at radius 2 is 1.42 bits per heavy atom. The van der Waals surface area contributed by atoms with Crippen LogP contribution in [0.5, 0.6) is 0 Å². The summed E-state index contributed by atoms with van der Waals surface area (Å²) >= 11 is 0. The molecule has 0 bridgehead atoms. The van der Waals surface area contributed by atoms with E-state index < -0.39 is 39.0 Å². The van der Waals surface area contributed by atoms with Crippen molar-refractivity contribution in [3.8, 4) is 0 Å². The molecule has 1 saturated heterocycles. The monoisotopic (exact) mass is 571 g/mol. The third-order valence-corrected chi connectivity index (χ3v) is 9.98. The Morgan fingerprint density at radius 3 is 1.76 bits per heavy atom. The summed E-state index contributed by atoms with van der Waals surface area (Å²) in [5, 5.41) is 8.95. The first-order valence-corrected chi connectivity index (χ1v) is 20.8. The van der Waals surface area contributed by atoms with Crippen LogP contribution in [0.2, 0.25) is 51.4 Å². The molecule has 0 aromatic carbocycles. The highest BCUT2D eigenvalue weighted by Crippen LogP contribution is 2.29. The molecule has 8 nitrogen and oxygen atoms in total. The van der Waals surface area contributed by atoms with Gasteiger partial charge in [0.15, 0.2) is 0 Å². The number of carboxylic acid groups (broad SMARTS) is 1. The molecule has 0 spiro atoms. The van der Waals surface area contributed by atoms with E-state index in [1.54, 1.807) is 19.9 Å². The fourth-order valence-electron chi connectivity index (χ4n) is 3.18. The Balaban J connectivity index is 0.000000793. The molecule has 3 atom stereocenters. The molecule has 0 saturated carbocycles. The van der Waals surface area contributed by atoms with Crippen molar-refractivity contribution in [2.45, 2.75) is 85.1 Å². The quantitative estimate of drug-likeness (QED) is 0.143. The van der Waals surface area contributed by atoms with Crippen LogP contribution in [0.1, 0.15) is 27.7 Å². The lowest BCUT2D eigenvalue weighted by molar-refractivity contribution is -0.148. The Labute approximate surface area is 232 Å². The fourth-order valence-corrected chi connectivity index (χ4v) is 4.69. The van der Waals surface area contributed by atoms with E-state index in [0.29, 0.717) is 13.2 Å². The number of hydrogen-bond acceptors (Lipinski definition) is 6. The average molecular weight is 572 g/mol. The van der Waals surface area contributed by atoms with E-state index in [1.165, 1.54) is 11.0 Å². The van der Waals surface area contributed by atoms with Crippen molar-refractivity contribution in [3.63, 3.8) is 0 Å². The number of nitrogens with zero attached hydrogens (tertiary/aromatic N) is 1. The van der Waals surface area contributed by atoms with Gasteiger partial charge in [-0.1, -0.05) is 65.3 Å². The summed E-state index contributed by atoms with van der Waals surface area (Å²) < 4.78 is 16.2. The summed E-state index contributed by atoms with van der Waals surface area (Å²) in [6, 6.07) is 1.87. The zero-order chi connectivity index (χ0) is 29.9. The number of ether oxygens (including phenoxy) is 3. The lowest BCUT2D eigenvalue weighted by atomic mass is 9.89. The van der Waals surface area contributed by atoms with Crippen molar-refractivity contribution in [2.75, 3.05) is 33.0 Å². The van der Waals surface area contributed by atoms with Crippen molar-refractivity contribution in [1.82, 2.24) is 4.90 Å². The maximum absolute atomic E-state index is 12.9. The van der Waals surface area contributed by atoms with Crippen LogP contribution in [0, 0.1) is 16.7 Å². The van der Waals surface area contributed by atoms with Gasteiger partial charge in [-0.15, -0.1) is 13.2 Å². The maximum atomic E-state index is 12.9. The summed E-state index contributed by atoms with van der Waals surface area (Å²) in [5.41, 5.74) is -1.88. The highest BCUT2D eigenvalue weighted by Gasteiger charge is 2.46. The van der Waals surface area contributed by atoms with Crippen molar-refractivity contribution in [3.05, 3.63) is 25.3 Å². The number of carboxylic acids is 1. The number of hydrogen-bond donors (Lipinski definition) is 1. The van der Waals surface area contributed by atoms with E-state index in [4.69, 9.17) is 19.3 Å². The van der Waals surface area contributed by atoms with Gasteiger partial charge in [0.2, 0.25) is 5.91 Å². The zero-order valence-electron chi connectivity index (χ0n) is 25.5. The van der Waals surface area contributed by atoms with Crippen molar-refractivity contribution < 1.29 is 33.7 Å². The fraction of sp³-hybridized carbons (Fsp3) is 0.750. The predicted molar refractivity (Wildman–Crippen MR) is 159 cm³/mol. The molecule has 2 amide bonds. The SMILES string of the molecule is C=C[C@](C)(COCC[Si](C)(C)C)C(=O)N1C(=O)OC[C@H]1C(C)C.C=C[C@](C)(COCC[Si](C)(C)C)C(=O)O. The summed E-state index contributed by atoms with van der Waals surface area (Å²) in [7, 11) is -2.26. The lowest BCUT2D eigenvalue weighted by Crippen LogP contribution is -2.49. The second-order valence-corrected chi connectivity index (χ2v) is 24.6. The molecule has 0 aliphatic carbocycles. The van der Waals surface area contributed by atoms with Crippen molar-refractivity contribution in [1.29, 1.82) is 0 Å². The number of aliphatic carboxylic acids is 1. The summed E-state index contributed by atoms with van der Waals surface area (Å²) in [6.45, 7) is 30.2. The van der Waals surface area contributed by atoms with Crippen LogP contribution in [0.4, 0.5) is 4.79 Å². The second-order valence-electron chi connectivity index (χ2n) is 13.3. The van der Waals surface area contributed by atoms with E-state index in [1.807, 2.05) is 13.8 Å². The van der Waals surface area contributed by atoms with E-state index in [-0.39, 0.29) is 37.7 Å². The Bertz CT molecular complexity index is 819. The standard InChI is InChI=1S/C17H31NO4Si.C11H22O3Si/c1-8-17(4,12-21-9-10-23(5,6)7)15(19)18-14(13(2)3)11-22-16(18)20;1-6-11(2,10(12)13)9-14-7-8-15(3,4)5/h8,13-14H,1,9-12H2,2-7H3;6H,1,7-9H2,2-5H3,(H,12,13)/t14-,17+;11-/m01/s1. The number of rotatable bonds is 15. The van der Waals surface area contributed by atoms with Gasteiger partial charge in [0, 0.05) is 29.4 Å². The summed E-state index contributed by atoms with van der Waals surface area (Å²) in [4.78, 5) is 37.0. The Morgan fingerprint density at radius 1 is 1.00 bits per heavy atom. The van der Waals surface area contributed by atoms with Gasteiger partial charge in [0.1, 0.15) is 12.0 Å². The highest BCUT2D eigenvalue weighted by atomic mass is 28.3. The molecular weight excluding hydrogens is 518 g/mol. The van der Waals surface area contributed by atoms with Crippen molar-refractivity contribution in [2.24, 2.45) is 16.7 Å². The minimum absolute atomic E-state index is 0.146. The van der Waals surface area contributed by atoms with Crippen molar-refractivity contribution >= 4 is 34.1 Å². The first-order valence-electron chi connectivity index (χ1n) is 13.4. The van der Waals surface area contributed by atoms with Crippen LogP contribution in [0.15, 0.2) is 25.3 Å². The van der Waals surface area contributed by atoms with E-state index in [0.717, 1.165) is 12.1 Å². The third-order valence-electron chi connectivity index (χ3n) is 6.57. The second kappa shape index (κ2) is 15.1. The molecule has 38 heavy (non-hydrogen) atoms. The molecule has 1 rings (SSSR count). The minimum atomic E-state index is -1.17. The molecular formula is C28H53NO7Si2. The Hall–Kier alpha value is -1.76. The van der Waals surface area contributed by atoms with Gasteiger partial charge in [-0.3, -0.25) is 9.59 Å². The molecule has 1 N–H and O–H groups in total. The maximum Gasteiger partial charge on any atom is 0.417 e. The van der Waals surface area contributed by atoms with Gasteiger partial charge in [-0.05, 0) is 31.9 Å². The number of amides is 2. The third kappa shape index (κ3) is 12.4. The topological polar surface area (TPSA) is 102 Å². The molecule has 0 aromatic rings. The van der Waals surface area contributed by atoms with Crippen LogP contribution in [0.3, 0.4) is 0 Å². The Kier molecular flexibility index (Phi) is 14.4. The molecule has 1 fully saturated rings. The van der Waals surface area contributed by atoms with Gasteiger partial charge in [0.25, 0.3) is 0 Å². The molecule has 1 aliphatic rings. The number of cyclic esters (lactones) is 1. The lowest BCUT2D eigenvalue weighted by Gasteiger charge is -2.31. The molecule has 220 valence electrons. The first-order chi connectivity index (χ1) is 17.2. The average Bonchev–Trinajstić information content (AvgIpc) is 3.19. The number of imide groups is 1. The first kappa shape index (κ1) is 36.2. The number of carbonyl (C=O) groups excluding carboxylic acids is 2. The normalized spacial score (nSPS) is 19.1. The van der Waals surface area contributed by atoms with Gasteiger partial charge < -0.3 is 19.3 Å². The zero-order valence-corrected chi connectivity index (χ0v) is 27.5. The van der Waals surface area contributed by atoms with E-state index in [2.05, 4.69) is 52.4 Å². The summed E-state index contributed by atoms with van der Waals surface area (Å²) in [5.74, 6) is -1.03. The van der Waals surface area contributed by atoms with Crippen LogP contribution in [0.25, 0.3) is 0 Å². The molecule has 0 aromatic heterocycles. The van der Waals surface area contributed by atoms with Crippen LogP contribution >= 0.6 is 0 Å². The van der Waals surface area contributed by atoms with Crippen LogP contribution in [-0.2, 0) is 23.8 Å². The van der Waals surface area contributed by atoms with E-state index >= 15 is 0 Å². The van der Waals surface area contributed by atoms with Gasteiger partial charge in [-0.25, -0.2) is 9.69 Å². The van der Waals surface area contributed by atoms with Gasteiger partial charge >= 0.3 is 12.1 Å². The van der Waals surface area contributed by atoms with Gasteiger partial charge in [0.05, 0.1) is 24.7 Å². The predicted octanol–water partition coefficient (Wildman–Crippen LogP) is 6.16. The summed E-state index contributed by atoms with van der Waals surface area (Å²) in [6.07, 6.45) is 2.44. The molecule has 0 radical (unpaired) electrons. The molecule has 1 aliphatic heterocycles. The largest absolute Gasteiger partial charge is 0.481 e. The molecule has 1 heterocycles. The van der Waals surface area contributed by atoms with Crippen LogP contribution < -0.4 is 0 Å². The molecule has 10 heteroatoms. The minimum Gasteiger partial charge on any atom is -0.481 e. The number of carbonyl (C=O) groups is 3. The molecule has 0 unspecified atom stereocenters. The highest BCUT2D eigenvalue weighted by molar-refractivity contribution is 6.76. The van der Waals surface area contributed by atoms with E-state index in [9.17, 15) is 14.4 Å². The smallest absolute Gasteiger partial charge is 0.417 e. The van der Waals surface area contributed by atoms with Crippen LogP contribution in [-0.4, -0.2) is 83.2 Å². The van der Waals surface area contributed by atoms with Gasteiger partial charge in [-0.2, -0.15) is 0 Å².